The van der Waals surface area contributed by atoms with Gasteiger partial charge in [-0.05, 0) is 31.0 Å². The van der Waals surface area contributed by atoms with Crippen LogP contribution in [0.5, 0.6) is 0 Å². The van der Waals surface area contributed by atoms with Crippen molar-refractivity contribution in [3.05, 3.63) is 29.6 Å². The summed E-state index contributed by atoms with van der Waals surface area (Å²) in [6.07, 6.45) is 1.97. The molecule has 0 heterocycles. The Morgan fingerprint density at radius 3 is 2.79 bits per heavy atom. The van der Waals surface area contributed by atoms with Crippen LogP contribution in [0.2, 0.25) is 0 Å². The average Bonchev–Trinajstić information content (AvgIpc) is 3.15. The number of benzene rings is 1. The highest BCUT2D eigenvalue weighted by Crippen LogP contribution is 2.18. The molecule has 0 aromatic heterocycles. The molecule has 0 atom stereocenters. The van der Waals surface area contributed by atoms with E-state index in [0.29, 0.717) is 4.90 Å². The lowest BCUT2D eigenvalue weighted by molar-refractivity contribution is -0.121. The normalized spacial score (nSPS) is 14.1. The van der Waals surface area contributed by atoms with E-state index >= 15 is 0 Å². The molecule has 0 aliphatic heterocycles. The minimum absolute atomic E-state index is 0.0748. The van der Waals surface area contributed by atoms with Gasteiger partial charge >= 0.3 is 0 Å². The number of halogens is 1. The molecule has 1 fully saturated rings. The summed E-state index contributed by atoms with van der Waals surface area (Å²) in [4.78, 5) is 25.3. The Labute approximate surface area is 116 Å². The van der Waals surface area contributed by atoms with Gasteiger partial charge in [-0.1, -0.05) is 0 Å². The van der Waals surface area contributed by atoms with Crippen molar-refractivity contribution in [2.75, 3.05) is 13.6 Å². The zero-order chi connectivity index (χ0) is 14.0. The average molecular weight is 282 g/mol. The summed E-state index contributed by atoms with van der Waals surface area (Å²) in [7, 11) is 1.47. The van der Waals surface area contributed by atoms with Crippen LogP contribution in [0.4, 0.5) is 4.39 Å². The molecular formula is C13H15FN2O2S. The van der Waals surface area contributed by atoms with Gasteiger partial charge in [-0.2, -0.15) is 0 Å². The van der Waals surface area contributed by atoms with E-state index in [1.807, 2.05) is 0 Å². The molecule has 2 rings (SSSR count). The van der Waals surface area contributed by atoms with Gasteiger partial charge in [-0.3, -0.25) is 9.59 Å². The summed E-state index contributed by atoms with van der Waals surface area (Å²) in [5, 5.41) is 2.78. The van der Waals surface area contributed by atoms with Crippen molar-refractivity contribution in [2.24, 2.45) is 0 Å². The van der Waals surface area contributed by atoms with E-state index in [4.69, 9.17) is 0 Å². The van der Waals surface area contributed by atoms with Gasteiger partial charge < -0.3 is 10.2 Å². The molecule has 1 saturated carbocycles. The van der Waals surface area contributed by atoms with Gasteiger partial charge in [0.1, 0.15) is 5.82 Å². The molecule has 0 unspecified atom stereocenters. The van der Waals surface area contributed by atoms with Crippen LogP contribution in [0.15, 0.2) is 23.1 Å². The number of thiol groups is 1. The van der Waals surface area contributed by atoms with E-state index in [2.05, 4.69) is 17.9 Å². The highest BCUT2D eigenvalue weighted by atomic mass is 32.1. The number of nitrogens with one attached hydrogen (secondary N) is 1. The van der Waals surface area contributed by atoms with Crippen molar-refractivity contribution in [1.82, 2.24) is 10.2 Å². The fourth-order valence-electron chi connectivity index (χ4n) is 1.67. The van der Waals surface area contributed by atoms with E-state index in [-0.39, 0.29) is 24.1 Å². The second-order valence-electron chi connectivity index (χ2n) is 4.67. The second-order valence-corrected chi connectivity index (χ2v) is 5.18. The summed E-state index contributed by atoms with van der Waals surface area (Å²) < 4.78 is 13.6. The molecule has 4 nitrogen and oxygen atoms in total. The van der Waals surface area contributed by atoms with Gasteiger partial charge in [0, 0.05) is 18.0 Å². The Morgan fingerprint density at radius 2 is 2.16 bits per heavy atom. The predicted molar refractivity (Wildman–Crippen MR) is 71.8 cm³/mol. The van der Waals surface area contributed by atoms with Crippen molar-refractivity contribution in [2.45, 2.75) is 23.8 Å². The van der Waals surface area contributed by atoms with Crippen molar-refractivity contribution in [3.8, 4) is 0 Å². The molecule has 0 saturated heterocycles. The lowest BCUT2D eigenvalue weighted by Crippen LogP contribution is -2.39. The first kappa shape index (κ1) is 13.9. The topological polar surface area (TPSA) is 49.4 Å². The molecule has 19 heavy (non-hydrogen) atoms. The molecule has 1 N–H and O–H groups in total. The Kier molecular flexibility index (Phi) is 4.09. The number of hydrogen-bond acceptors (Lipinski definition) is 3. The molecule has 6 heteroatoms. The van der Waals surface area contributed by atoms with Gasteiger partial charge in [-0.25, -0.2) is 4.39 Å². The number of rotatable bonds is 4. The van der Waals surface area contributed by atoms with E-state index in [9.17, 15) is 14.0 Å². The number of amides is 2. The van der Waals surface area contributed by atoms with Crippen LogP contribution in [-0.4, -0.2) is 36.3 Å². The highest BCUT2D eigenvalue weighted by molar-refractivity contribution is 7.80. The smallest absolute Gasteiger partial charge is 0.257 e. The van der Waals surface area contributed by atoms with E-state index in [1.165, 1.54) is 30.1 Å². The van der Waals surface area contributed by atoms with Crippen LogP contribution in [0.3, 0.4) is 0 Å². The lowest BCUT2D eigenvalue weighted by Gasteiger charge is -2.17. The zero-order valence-corrected chi connectivity index (χ0v) is 11.4. The SMILES string of the molecule is CN(CC(=O)NC1CC1)C(=O)c1cc(S)ccc1F. The molecule has 102 valence electrons. The Balaban J connectivity index is 2.01. The monoisotopic (exact) mass is 282 g/mol. The van der Waals surface area contributed by atoms with Gasteiger partial charge in [0.05, 0.1) is 12.1 Å². The summed E-state index contributed by atoms with van der Waals surface area (Å²) in [6, 6.07) is 4.26. The van der Waals surface area contributed by atoms with Crippen LogP contribution in [0.25, 0.3) is 0 Å². The van der Waals surface area contributed by atoms with E-state index < -0.39 is 11.7 Å². The Morgan fingerprint density at radius 1 is 1.47 bits per heavy atom. The quantitative estimate of drug-likeness (QED) is 0.822. The van der Waals surface area contributed by atoms with Crippen LogP contribution in [0, 0.1) is 5.82 Å². The molecule has 1 aliphatic carbocycles. The number of carbonyl (C=O) groups is 2. The van der Waals surface area contributed by atoms with Gasteiger partial charge in [0.25, 0.3) is 5.91 Å². The summed E-state index contributed by atoms with van der Waals surface area (Å²) in [5.41, 5.74) is -0.0748. The Hall–Kier alpha value is -1.56. The summed E-state index contributed by atoms with van der Waals surface area (Å²) in [5.74, 6) is -1.36. The summed E-state index contributed by atoms with van der Waals surface area (Å²) in [6.45, 7) is -0.0778. The van der Waals surface area contributed by atoms with Crippen LogP contribution in [-0.2, 0) is 4.79 Å². The minimum atomic E-state index is -0.614. The zero-order valence-electron chi connectivity index (χ0n) is 10.5. The van der Waals surface area contributed by atoms with Crippen molar-refractivity contribution in [3.63, 3.8) is 0 Å². The van der Waals surface area contributed by atoms with Gasteiger partial charge in [0.15, 0.2) is 0 Å². The predicted octanol–water partition coefficient (Wildman–Crippen LogP) is 1.46. The molecule has 1 aliphatic rings. The Bertz CT molecular complexity index is 517. The molecule has 0 spiro atoms. The first-order valence-corrected chi connectivity index (χ1v) is 6.45. The largest absolute Gasteiger partial charge is 0.352 e. The van der Waals surface area contributed by atoms with E-state index in [0.717, 1.165) is 12.8 Å². The highest BCUT2D eigenvalue weighted by Gasteiger charge is 2.25. The molecular weight excluding hydrogens is 267 g/mol. The van der Waals surface area contributed by atoms with Crippen LogP contribution < -0.4 is 5.32 Å². The molecule has 2 amide bonds. The van der Waals surface area contributed by atoms with Crippen LogP contribution >= 0.6 is 12.6 Å². The molecule has 0 radical (unpaired) electrons. The minimum Gasteiger partial charge on any atom is -0.352 e. The first-order valence-electron chi connectivity index (χ1n) is 6.00. The second kappa shape index (κ2) is 5.61. The molecule has 0 bridgehead atoms. The first-order chi connectivity index (χ1) is 8.97. The molecule has 1 aromatic carbocycles. The van der Waals surface area contributed by atoms with Crippen LogP contribution in [0.1, 0.15) is 23.2 Å². The van der Waals surface area contributed by atoms with Crippen molar-refractivity contribution >= 4 is 24.4 Å². The van der Waals surface area contributed by atoms with Gasteiger partial charge in [-0.15, -0.1) is 12.6 Å². The van der Waals surface area contributed by atoms with Gasteiger partial charge in [0.2, 0.25) is 5.91 Å². The third kappa shape index (κ3) is 3.70. The van der Waals surface area contributed by atoms with E-state index in [1.54, 1.807) is 0 Å². The maximum Gasteiger partial charge on any atom is 0.257 e. The lowest BCUT2D eigenvalue weighted by atomic mass is 10.2. The number of hydrogen-bond donors (Lipinski definition) is 2. The summed E-state index contributed by atoms with van der Waals surface area (Å²) >= 11 is 4.07. The van der Waals surface area contributed by atoms with Crippen molar-refractivity contribution < 1.29 is 14.0 Å². The third-order valence-electron chi connectivity index (χ3n) is 2.85. The number of carbonyl (C=O) groups excluding carboxylic acids is 2. The fraction of sp³-hybridized carbons (Fsp3) is 0.385. The maximum absolute atomic E-state index is 13.6. The number of nitrogens with zero attached hydrogens (tertiary/aromatic N) is 1. The van der Waals surface area contributed by atoms with Crippen molar-refractivity contribution in [1.29, 1.82) is 0 Å². The third-order valence-corrected chi connectivity index (χ3v) is 3.13. The maximum atomic E-state index is 13.6. The standard InChI is InChI=1S/C13H15FN2O2S/c1-16(7-12(17)15-8-2-3-8)13(18)10-6-9(19)4-5-11(10)14/h4-6,8,19H,2-3,7H2,1H3,(H,15,17). The fourth-order valence-corrected chi connectivity index (χ4v) is 1.87. The molecule has 1 aromatic rings. The number of likely N-dealkylation sites (N-methyl/N-ethyl adjacent to an activating group) is 1.